The molecule has 6 nitrogen and oxygen atoms in total. The lowest BCUT2D eigenvalue weighted by Gasteiger charge is -2.05. The summed E-state index contributed by atoms with van der Waals surface area (Å²) in [6.45, 7) is 0.597. The van der Waals surface area contributed by atoms with Gasteiger partial charge in [0, 0.05) is 29.0 Å². The molecule has 33 heavy (non-hydrogen) atoms. The number of nitro benzene ring substituents is 1. The lowest BCUT2D eigenvalue weighted by Crippen LogP contribution is -1.98. The Bertz CT molecular complexity index is 1110. The highest BCUT2D eigenvalue weighted by molar-refractivity contribution is 7.99. The van der Waals surface area contributed by atoms with Gasteiger partial charge in [0.2, 0.25) is 0 Å². The number of hydrogen-bond donors (Lipinski definition) is 1. The topological polar surface area (TPSA) is 81.1 Å². The fourth-order valence-electron chi connectivity index (χ4n) is 3.44. The summed E-state index contributed by atoms with van der Waals surface area (Å²) in [5.74, 6) is 1.63. The van der Waals surface area contributed by atoms with Crippen molar-refractivity contribution in [2.45, 2.75) is 24.4 Å². The zero-order valence-electron chi connectivity index (χ0n) is 18.1. The van der Waals surface area contributed by atoms with Gasteiger partial charge < -0.3 is 9.72 Å². The van der Waals surface area contributed by atoms with Crippen LogP contribution >= 0.6 is 11.8 Å². The molecule has 4 rings (SSSR count). The Balaban J connectivity index is 1.26. The van der Waals surface area contributed by atoms with E-state index >= 15 is 0 Å². The Kier molecular flexibility index (Phi) is 7.76. The molecule has 0 saturated carbocycles. The maximum absolute atomic E-state index is 10.7. The van der Waals surface area contributed by atoms with E-state index < -0.39 is 4.92 Å². The molecule has 0 fully saturated rings. The minimum absolute atomic E-state index is 0.0724. The van der Waals surface area contributed by atoms with Crippen molar-refractivity contribution in [3.05, 3.63) is 95.0 Å². The molecule has 1 N–H and O–H groups in total. The number of nitrogens with zero attached hydrogens (tertiary/aromatic N) is 2. The van der Waals surface area contributed by atoms with Crippen LogP contribution in [0.25, 0.3) is 22.5 Å². The molecular formula is C26H25N3O3S. The quantitative estimate of drug-likeness (QED) is 0.113. The largest absolute Gasteiger partial charge is 0.494 e. The van der Waals surface area contributed by atoms with Crippen LogP contribution in [0.4, 0.5) is 5.69 Å². The molecule has 4 aromatic rings. The SMILES string of the molecule is O=[N+]([O-])c1ccc(OCCCCCSc2nc(-c3ccccc3)c(-c3ccccc3)[nH]2)cc1. The third-order valence-electron chi connectivity index (χ3n) is 5.14. The minimum atomic E-state index is -0.411. The number of nitrogens with one attached hydrogen (secondary N) is 1. The summed E-state index contributed by atoms with van der Waals surface area (Å²) in [7, 11) is 0. The summed E-state index contributed by atoms with van der Waals surface area (Å²) < 4.78 is 5.67. The van der Waals surface area contributed by atoms with Crippen LogP contribution in [-0.2, 0) is 0 Å². The summed E-state index contributed by atoms with van der Waals surface area (Å²) in [5, 5.41) is 11.6. The van der Waals surface area contributed by atoms with E-state index in [1.165, 1.54) is 12.1 Å². The fraction of sp³-hybridized carbons (Fsp3) is 0.192. The first-order chi connectivity index (χ1) is 16.2. The number of aromatic amines is 1. The smallest absolute Gasteiger partial charge is 0.269 e. The second-order valence-corrected chi connectivity index (χ2v) is 8.59. The van der Waals surface area contributed by atoms with Crippen LogP contribution in [0.2, 0.25) is 0 Å². The van der Waals surface area contributed by atoms with Gasteiger partial charge in [0.05, 0.1) is 22.9 Å². The van der Waals surface area contributed by atoms with Gasteiger partial charge in [0.1, 0.15) is 5.75 Å². The number of hydrogen-bond acceptors (Lipinski definition) is 5. The Morgan fingerprint density at radius 1 is 0.848 bits per heavy atom. The van der Waals surface area contributed by atoms with E-state index in [1.807, 2.05) is 36.4 Å². The Morgan fingerprint density at radius 3 is 2.18 bits per heavy atom. The maximum atomic E-state index is 10.7. The molecule has 3 aromatic carbocycles. The van der Waals surface area contributed by atoms with Crippen LogP contribution in [0.3, 0.4) is 0 Å². The molecule has 0 spiro atoms. The average Bonchev–Trinajstić information content (AvgIpc) is 3.29. The molecule has 0 bridgehead atoms. The standard InChI is InChI=1S/C26H25N3O3S/c30-29(31)22-14-16-23(17-15-22)32-18-8-3-9-19-33-26-27-24(20-10-4-1-5-11-20)25(28-26)21-12-6-2-7-13-21/h1-2,4-7,10-17H,3,8-9,18-19H2,(H,27,28). The van der Waals surface area contributed by atoms with E-state index in [1.54, 1.807) is 23.9 Å². The summed E-state index contributed by atoms with van der Waals surface area (Å²) in [4.78, 5) is 18.7. The van der Waals surface area contributed by atoms with Crippen molar-refractivity contribution < 1.29 is 9.66 Å². The van der Waals surface area contributed by atoms with E-state index in [-0.39, 0.29) is 5.69 Å². The van der Waals surface area contributed by atoms with Crippen molar-refractivity contribution in [2.24, 2.45) is 0 Å². The van der Waals surface area contributed by atoms with Crippen LogP contribution in [0.15, 0.2) is 90.1 Å². The number of aromatic nitrogens is 2. The highest BCUT2D eigenvalue weighted by Gasteiger charge is 2.14. The molecular weight excluding hydrogens is 434 g/mol. The number of rotatable bonds is 11. The second-order valence-electron chi connectivity index (χ2n) is 7.51. The first-order valence-corrected chi connectivity index (χ1v) is 11.9. The third kappa shape index (κ3) is 6.23. The molecule has 0 radical (unpaired) electrons. The van der Waals surface area contributed by atoms with Gasteiger partial charge >= 0.3 is 0 Å². The van der Waals surface area contributed by atoms with Gasteiger partial charge in [-0.2, -0.15) is 0 Å². The molecule has 0 aliphatic heterocycles. The van der Waals surface area contributed by atoms with E-state index in [0.717, 1.165) is 52.7 Å². The number of non-ortho nitro benzene ring substituents is 1. The fourth-order valence-corrected chi connectivity index (χ4v) is 4.31. The summed E-state index contributed by atoms with van der Waals surface area (Å²) in [6, 6.07) is 26.7. The number of unbranched alkanes of at least 4 members (excludes halogenated alkanes) is 2. The molecule has 0 amide bonds. The van der Waals surface area contributed by atoms with E-state index in [2.05, 4.69) is 29.2 Å². The molecule has 7 heteroatoms. The molecule has 0 aliphatic rings. The van der Waals surface area contributed by atoms with Crippen molar-refractivity contribution in [3.8, 4) is 28.3 Å². The van der Waals surface area contributed by atoms with Gasteiger partial charge in [-0.05, 0) is 31.4 Å². The molecule has 0 unspecified atom stereocenters. The zero-order chi connectivity index (χ0) is 22.9. The molecule has 1 aromatic heterocycles. The average molecular weight is 460 g/mol. The Hall–Kier alpha value is -3.58. The van der Waals surface area contributed by atoms with Gasteiger partial charge in [0.15, 0.2) is 5.16 Å². The number of nitro groups is 1. The van der Waals surface area contributed by atoms with Crippen LogP contribution in [-0.4, -0.2) is 27.3 Å². The van der Waals surface area contributed by atoms with Crippen LogP contribution in [0.5, 0.6) is 5.75 Å². The summed E-state index contributed by atoms with van der Waals surface area (Å²) in [6.07, 6.45) is 3.02. The van der Waals surface area contributed by atoms with Crippen molar-refractivity contribution in [3.63, 3.8) is 0 Å². The van der Waals surface area contributed by atoms with Crippen molar-refractivity contribution in [1.82, 2.24) is 9.97 Å². The lowest BCUT2D eigenvalue weighted by atomic mass is 10.1. The van der Waals surface area contributed by atoms with Crippen LogP contribution in [0.1, 0.15) is 19.3 Å². The monoisotopic (exact) mass is 459 g/mol. The second kappa shape index (κ2) is 11.3. The number of benzene rings is 3. The van der Waals surface area contributed by atoms with Gasteiger partial charge in [-0.1, -0.05) is 72.4 Å². The Labute approximate surface area is 197 Å². The van der Waals surface area contributed by atoms with Gasteiger partial charge in [-0.25, -0.2) is 4.98 Å². The molecule has 1 heterocycles. The third-order valence-corrected chi connectivity index (χ3v) is 6.10. The number of thioether (sulfide) groups is 1. The molecule has 0 aliphatic carbocycles. The molecule has 168 valence electrons. The van der Waals surface area contributed by atoms with Crippen molar-refractivity contribution in [2.75, 3.05) is 12.4 Å². The zero-order valence-corrected chi connectivity index (χ0v) is 19.0. The predicted molar refractivity (Wildman–Crippen MR) is 133 cm³/mol. The molecule has 0 saturated heterocycles. The van der Waals surface area contributed by atoms with Crippen LogP contribution < -0.4 is 4.74 Å². The van der Waals surface area contributed by atoms with E-state index in [0.29, 0.717) is 12.4 Å². The van der Waals surface area contributed by atoms with Crippen LogP contribution in [0, 0.1) is 10.1 Å². The first kappa shape index (κ1) is 22.6. The Morgan fingerprint density at radius 2 is 1.52 bits per heavy atom. The maximum Gasteiger partial charge on any atom is 0.269 e. The summed E-state index contributed by atoms with van der Waals surface area (Å²) >= 11 is 1.73. The highest BCUT2D eigenvalue weighted by atomic mass is 32.2. The first-order valence-electron chi connectivity index (χ1n) is 10.9. The summed E-state index contributed by atoms with van der Waals surface area (Å²) in [5.41, 5.74) is 4.31. The van der Waals surface area contributed by atoms with Gasteiger partial charge in [-0.15, -0.1) is 0 Å². The van der Waals surface area contributed by atoms with Crippen molar-refractivity contribution in [1.29, 1.82) is 0 Å². The normalized spacial score (nSPS) is 10.8. The van der Waals surface area contributed by atoms with E-state index in [4.69, 9.17) is 9.72 Å². The van der Waals surface area contributed by atoms with E-state index in [9.17, 15) is 10.1 Å². The number of H-pyrrole nitrogens is 1. The minimum Gasteiger partial charge on any atom is -0.494 e. The lowest BCUT2D eigenvalue weighted by molar-refractivity contribution is -0.384. The number of imidazole rings is 1. The van der Waals surface area contributed by atoms with Crippen molar-refractivity contribution >= 4 is 17.4 Å². The molecule has 0 atom stereocenters. The number of ether oxygens (including phenoxy) is 1. The highest BCUT2D eigenvalue weighted by Crippen LogP contribution is 2.32. The van der Waals surface area contributed by atoms with Gasteiger partial charge in [0.25, 0.3) is 5.69 Å². The van der Waals surface area contributed by atoms with Gasteiger partial charge in [-0.3, -0.25) is 10.1 Å². The predicted octanol–water partition coefficient (Wildman–Crippen LogP) is 6.99.